The van der Waals surface area contributed by atoms with Crippen molar-refractivity contribution in [1.82, 2.24) is 19.7 Å². The van der Waals surface area contributed by atoms with Crippen LogP contribution in [0.15, 0.2) is 43.0 Å². The summed E-state index contributed by atoms with van der Waals surface area (Å²) >= 11 is 0. The topological polar surface area (TPSA) is 142 Å². The summed E-state index contributed by atoms with van der Waals surface area (Å²) in [5, 5.41) is 12.5. The van der Waals surface area contributed by atoms with Gasteiger partial charge in [-0.25, -0.2) is 19.5 Å². The average molecular weight is 489 g/mol. The number of nitrogens with zero attached hydrogens (tertiary/aromatic N) is 4. The maximum Gasteiger partial charge on any atom is 0.333 e. The van der Waals surface area contributed by atoms with Crippen LogP contribution in [0.2, 0.25) is 0 Å². The van der Waals surface area contributed by atoms with Gasteiger partial charge in [0.2, 0.25) is 5.78 Å². The number of rotatable bonds is 9. The van der Waals surface area contributed by atoms with E-state index >= 15 is 0 Å². The average Bonchev–Trinajstić information content (AvgIpc) is 3.44. The van der Waals surface area contributed by atoms with Crippen LogP contribution in [-0.4, -0.2) is 46.6 Å². The number of carbonyl (C=O) groups excluding carboxylic acids is 1. The van der Waals surface area contributed by atoms with E-state index in [2.05, 4.69) is 20.4 Å². The normalized spacial score (nSPS) is 18.2. The number of nitrogens with two attached hydrogens (primary N) is 1. The Kier molecular flexibility index (Phi) is 7.00. The number of halogens is 1. The molecule has 0 amide bonds. The van der Waals surface area contributed by atoms with Gasteiger partial charge in [0.05, 0.1) is 18.7 Å². The molecule has 2 atom stereocenters. The second-order valence-corrected chi connectivity index (χ2v) is 9.63. The molecule has 0 saturated heterocycles. The van der Waals surface area contributed by atoms with Crippen LogP contribution in [0.5, 0.6) is 0 Å². The zero-order valence-corrected chi connectivity index (χ0v) is 19.3. The van der Waals surface area contributed by atoms with Crippen molar-refractivity contribution in [3.8, 4) is 0 Å². The summed E-state index contributed by atoms with van der Waals surface area (Å²) in [6, 6.07) is 6.41. The Hall–Kier alpha value is -3.22. The third kappa shape index (κ3) is 6.01. The van der Waals surface area contributed by atoms with Gasteiger partial charge >= 0.3 is 10.3 Å². The number of aromatic nitrogens is 4. The van der Waals surface area contributed by atoms with Gasteiger partial charge < -0.3 is 5.32 Å². The van der Waals surface area contributed by atoms with Crippen LogP contribution >= 0.6 is 0 Å². The number of ketones is 1. The van der Waals surface area contributed by atoms with Gasteiger partial charge in [0.1, 0.15) is 23.7 Å². The van der Waals surface area contributed by atoms with Gasteiger partial charge in [-0.15, -0.1) is 0 Å². The highest BCUT2D eigenvalue weighted by Crippen LogP contribution is 2.29. The monoisotopic (exact) mass is 488 g/mol. The summed E-state index contributed by atoms with van der Waals surface area (Å²) in [4.78, 5) is 21.3. The van der Waals surface area contributed by atoms with Gasteiger partial charge in [0, 0.05) is 24.0 Å². The molecule has 34 heavy (non-hydrogen) atoms. The highest BCUT2D eigenvalue weighted by molar-refractivity contribution is 7.84. The largest absolute Gasteiger partial charge is 0.367 e. The predicted molar refractivity (Wildman–Crippen MR) is 122 cm³/mol. The molecule has 2 heterocycles. The Morgan fingerprint density at radius 2 is 2.15 bits per heavy atom. The van der Waals surface area contributed by atoms with Gasteiger partial charge in [-0.1, -0.05) is 17.7 Å². The fraction of sp³-hybridized carbons (Fsp3) is 0.364. The van der Waals surface area contributed by atoms with Crippen molar-refractivity contribution in [3.63, 3.8) is 0 Å². The zero-order chi connectivity index (χ0) is 24.3. The van der Waals surface area contributed by atoms with Gasteiger partial charge in [0.15, 0.2) is 0 Å². The molecule has 10 nitrogen and oxygen atoms in total. The summed E-state index contributed by atoms with van der Waals surface area (Å²) in [7, 11) is -3.97. The lowest BCUT2D eigenvalue weighted by atomic mass is 10.1. The number of benzene rings is 1. The molecule has 0 unspecified atom stereocenters. The standard InChI is InChI=1S/C22H25FN6O4S/c1-14-2-5-19(23)16(8-14)11-29-7-6-20(28-29)21(30)18-10-25-13-26-22(18)27-17-4-3-15(9-17)12-33-34(24,31)32/h2,5-8,10,13,15,17H,3-4,9,11-12H2,1H3,(H2,24,31,32)(H,25,26,27)/t15-,17+/m1/s1. The predicted octanol–water partition coefficient (Wildman–Crippen LogP) is 2.20. The third-order valence-electron chi connectivity index (χ3n) is 5.71. The number of hydrogen-bond acceptors (Lipinski definition) is 8. The number of anilines is 1. The molecule has 0 spiro atoms. The molecule has 1 aromatic carbocycles. The van der Waals surface area contributed by atoms with Crippen molar-refractivity contribution in [2.45, 2.75) is 38.8 Å². The first-order valence-corrected chi connectivity index (χ1v) is 12.2. The molecule has 3 aromatic rings. The highest BCUT2D eigenvalue weighted by atomic mass is 32.2. The SMILES string of the molecule is Cc1ccc(F)c(Cn2ccc(C(=O)c3cncnc3N[C@H]3CC[C@@H](COS(N)(=O)=O)C3)n2)c1. The first-order chi connectivity index (χ1) is 16.2. The van der Waals surface area contributed by atoms with E-state index in [1.54, 1.807) is 24.4 Å². The molecule has 2 aromatic heterocycles. The summed E-state index contributed by atoms with van der Waals surface area (Å²) in [6.45, 7) is 2.09. The Morgan fingerprint density at radius 3 is 2.94 bits per heavy atom. The fourth-order valence-corrected chi connectivity index (χ4v) is 4.44. The van der Waals surface area contributed by atoms with Gasteiger partial charge in [-0.3, -0.25) is 13.7 Å². The number of carbonyl (C=O) groups is 1. The van der Waals surface area contributed by atoms with E-state index in [-0.39, 0.29) is 48.0 Å². The molecule has 4 rings (SSSR count). The van der Waals surface area contributed by atoms with Crippen molar-refractivity contribution in [2.24, 2.45) is 11.1 Å². The Balaban J connectivity index is 1.44. The first kappa shape index (κ1) is 23.9. The summed E-state index contributed by atoms with van der Waals surface area (Å²) in [6.07, 6.45) is 6.54. The van der Waals surface area contributed by atoms with Crippen LogP contribution in [0.3, 0.4) is 0 Å². The maximum atomic E-state index is 14.1. The molecule has 1 saturated carbocycles. The van der Waals surface area contributed by atoms with Crippen molar-refractivity contribution in [2.75, 3.05) is 11.9 Å². The maximum absolute atomic E-state index is 14.1. The van der Waals surface area contributed by atoms with Gasteiger partial charge in [0.25, 0.3) is 0 Å². The number of aryl methyl sites for hydroxylation is 1. The van der Waals surface area contributed by atoms with Crippen molar-refractivity contribution >= 4 is 21.9 Å². The minimum absolute atomic E-state index is 0.0163. The Labute approximate surface area is 196 Å². The second-order valence-electron chi connectivity index (χ2n) is 8.41. The summed E-state index contributed by atoms with van der Waals surface area (Å²) in [5.74, 6) is -0.299. The van der Waals surface area contributed by atoms with E-state index in [4.69, 9.17) is 9.32 Å². The molecule has 12 heteroatoms. The number of hydrogen-bond donors (Lipinski definition) is 2. The minimum Gasteiger partial charge on any atom is -0.367 e. The molecule has 180 valence electrons. The molecular weight excluding hydrogens is 463 g/mol. The van der Waals surface area contributed by atoms with Crippen LogP contribution in [0.4, 0.5) is 10.2 Å². The van der Waals surface area contributed by atoms with Crippen LogP contribution in [0, 0.1) is 18.7 Å². The molecule has 1 aliphatic carbocycles. The van der Waals surface area contributed by atoms with Crippen molar-refractivity contribution < 1.29 is 21.8 Å². The minimum atomic E-state index is -3.97. The van der Waals surface area contributed by atoms with Crippen LogP contribution < -0.4 is 10.5 Å². The molecule has 1 fully saturated rings. The quantitative estimate of drug-likeness (QED) is 0.437. The second kappa shape index (κ2) is 9.95. The van der Waals surface area contributed by atoms with Crippen LogP contribution in [0.25, 0.3) is 0 Å². The molecule has 0 aliphatic heterocycles. The van der Waals surface area contributed by atoms with Crippen LogP contribution in [0.1, 0.15) is 46.4 Å². The lowest BCUT2D eigenvalue weighted by Gasteiger charge is -2.15. The third-order valence-corrected chi connectivity index (χ3v) is 6.18. The first-order valence-electron chi connectivity index (χ1n) is 10.7. The van der Waals surface area contributed by atoms with Gasteiger partial charge in [-0.2, -0.15) is 13.5 Å². The van der Waals surface area contributed by atoms with Gasteiger partial charge in [-0.05, 0) is 44.2 Å². The van der Waals surface area contributed by atoms with E-state index in [0.29, 0.717) is 17.8 Å². The van der Waals surface area contributed by atoms with Crippen LogP contribution in [-0.2, 0) is 21.0 Å². The van der Waals surface area contributed by atoms with E-state index in [1.807, 2.05) is 6.92 Å². The van der Waals surface area contributed by atoms with Crippen molar-refractivity contribution in [1.29, 1.82) is 0 Å². The van der Waals surface area contributed by atoms with E-state index in [0.717, 1.165) is 18.4 Å². The number of nitrogens with one attached hydrogen (secondary N) is 1. The van der Waals surface area contributed by atoms with E-state index in [1.165, 1.54) is 23.3 Å². The molecular formula is C22H25FN6O4S. The Bertz CT molecular complexity index is 1300. The molecule has 0 radical (unpaired) electrons. The fourth-order valence-electron chi connectivity index (χ4n) is 4.06. The highest BCUT2D eigenvalue weighted by Gasteiger charge is 2.28. The smallest absolute Gasteiger partial charge is 0.333 e. The van der Waals surface area contributed by atoms with Crippen molar-refractivity contribution in [3.05, 3.63) is 71.2 Å². The zero-order valence-electron chi connectivity index (χ0n) is 18.5. The van der Waals surface area contributed by atoms with E-state index < -0.39 is 10.3 Å². The van der Waals surface area contributed by atoms with E-state index in [9.17, 15) is 17.6 Å². The molecule has 1 aliphatic rings. The molecule has 0 bridgehead atoms. The lowest BCUT2D eigenvalue weighted by Crippen LogP contribution is -2.22. The summed E-state index contributed by atoms with van der Waals surface area (Å²) < 4.78 is 42.3. The molecule has 3 N–H and O–H groups in total. The Morgan fingerprint density at radius 1 is 1.32 bits per heavy atom. The summed E-state index contributed by atoms with van der Waals surface area (Å²) in [5.41, 5.74) is 1.87. The lowest BCUT2D eigenvalue weighted by molar-refractivity contribution is 0.103.